The van der Waals surface area contributed by atoms with Crippen LogP contribution in [0, 0.1) is 0 Å². The maximum absolute atomic E-state index is 13.4. The number of hydrogen-bond donors (Lipinski definition) is 3. The van der Waals surface area contributed by atoms with Crippen LogP contribution in [0.25, 0.3) is 22.2 Å². The molecule has 5 rings (SSSR count). The normalized spacial score (nSPS) is 12.1. The number of aromatic nitrogens is 2. The van der Waals surface area contributed by atoms with E-state index in [-0.39, 0.29) is 31.1 Å². The summed E-state index contributed by atoms with van der Waals surface area (Å²) in [4.78, 5) is 60.8. The molecule has 5 aromatic rings. The number of nitrogens with one attached hydrogen (secondary N) is 3. The maximum Gasteiger partial charge on any atom is 0.251 e. The quantitative estimate of drug-likeness (QED) is 0.198. The minimum absolute atomic E-state index is 0.0880. The minimum atomic E-state index is -0.944. The number of carbonyl (C=O) groups is 4. The van der Waals surface area contributed by atoms with Gasteiger partial charge in [0.1, 0.15) is 6.04 Å². The smallest absolute Gasteiger partial charge is 0.251 e. The second kappa shape index (κ2) is 14.7. The van der Waals surface area contributed by atoms with Crippen LogP contribution in [-0.4, -0.2) is 52.1 Å². The molecule has 0 radical (unpaired) electrons. The molecule has 0 aliphatic heterocycles. The second-order valence-electron chi connectivity index (χ2n) is 10.7. The van der Waals surface area contributed by atoms with Crippen molar-refractivity contribution in [2.45, 2.75) is 31.8 Å². The maximum atomic E-state index is 13.4. The Morgan fingerprint density at radius 2 is 1.51 bits per heavy atom. The van der Waals surface area contributed by atoms with Gasteiger partial charge in [-0.05, 0) is 60.5 Å². The van der Waals surface area contributed by atoms with Gasteiger partial charge in [0, 0.05) is 35.3 Å². The Bertz CT molecular complexity index is 1810. The molecule has 0 bridgehead atoms. The Morgan fingerprint density at radius 1 is 0.733 bits per heavy atom. The van der Waals surface area contributed by atoms with Crippen LogP contribution in [-0.2, 0) is 27.2 Å². The van der Waals surface area contributed by atoms with Crippen LogP contribution in [0.4, 0.5) is 0 Å². The average molecular weight is 600 g/mol. The highest BCUT2D eigenvalue weighted by Crippen LogP contribution is 2.18. The van der Waals surface area contributed by atoms with E-state index in [0.717, 1.165) is 33.3 Å². The minimum Gasteiger partial charge on any atom is -0.349 e. The number of ketones is 1. The molecule has 226 valence electrons. The predicted molar refractivity (Wildman–Crippen MR) is 172 cm³/mol. The summed E-state index contributed by atoms with van der Waals surface area (Å²) in [6, 6.07) is 29.4. The first-order chi connectivity index (χ1) is 21.9. The zero-order valence-electron chi connectivity index (χ0n) is 24.8. The van der Waals surface area contributed by atoms with Crippen molar-refractivity contribution in [1.29, 1.82) is 0 Å². The van der Waals surface area contributed by atoms with E-state index in [4.69, 9.17) is 0 Å². The molecule has 2 aromatic heterocycles. The fourth-order valence-corrected chi connectivity index (χ4v) is 4.87. The van der Waals surface area contributed by atoms with Crippen LogP contribution in [0.2, 0.25) is 0 Å². The SMILES string of the molecule is CC(NC(=O)[C@H](Cc1ccccc1)NC(=O)c1ccc2ncccc2c1)C(=O)CNC(=O)Cc1cccc(-c2ccccn2)c1. The first kappa shape index (κ1) is 30.7. The van der Waals surface area contributed by atoms with Crippen LogP contribution in [0.5, 0.6) is 0 Å². The predicted octanol–water partition coefficient (Wildman–Crippen LogP) is 4.07. The molecule has 45 heavy (non-hydrogen) atoms. The molecule has 1 unspecified atom stereocenters. The molecule has 0 saturated heterocycles. The van der Waals surface area contributed by atoms with Crippen molar-refractivity contribution in [3.05, 3.63) is 132 Å². The summed E-state index contributed by atoms with van der Waals surface area (Å²) >= 11 is 0. The largest absolute Gasteiger partial charge is 0.349 e. The number of fused-ring (bicyclic) bond motifs is 1. The molecule has 2 heterocycles. The standard InChI is InChI=1S/C36H33N5O4/c1-24(33(42)23-39-34(43)21-26-11-7-12-27(19-26)30-14-5-6-17-37-30)40-36(45)32(20-25-9-3-2-4-10-25)41-35(44)29-15-16-31-28(22-29)13-8-18-38-31/h2-19,22,24,32H,20-21,23H2,1H3,(H,39,43)(H,40,45)(H,41,44)/t24?,32-/m0/s1. The molecule has 9 nitrogen and oxygen atoms in total. The van der Waals surface area contributed by atoms with Gasteiger partial charge in [-0.15, -0.1) is 0 Å². The fraction of sp³-hybridized carbons (Fsp3) is 0.167. The third-order valence-electron chi connectivity index (χ3n) is 7.32. The number of nitrogens with zero attached hydrogens (tertiary/aromatic N) is 2. The lowest BCUT2D eigenvalue weighted by atomic mass is 10.0. The number of benzene rings is 3. The van der Waals surface area contributed by atoms with Gasteiger partial charge in [0.25, 0.3) is 5.91 Å². The number of carbonyl (C=O) groups excluding carboxylic acids is 4. The van der Waals surface area contributed by atoms with Gasteiger partial charge in [-0.3, -0.25) is 29.1 Å². The highest BCUT2D eigenvalue weighted by atomic mass is 16.2. The molecule has 0 aliphatic rings. The second-order valence-corrected chi connectivity index (χ2v) is 10.7. The topological polar surface area (TPSA) is 130 Å². The molecule has 9 heteroatoms. The number of hydrogen-bond acceptors (Lipinski definition) is 6. The number of Topliss-reactive ketones (excluding diaryl/α,β-unsaturated/α-hetero) is 1. The van der Waals surface area contributed by atoms with Gasteiger partial charge in [-0.1, -0.05) is 60.7 Å². The summed E-state index contributed by atoms with van der Waals surface area (Å²) < 4.78 is 0. The van der Waals surface area contributed by atoms with Crippen molar-refractivity contribution >= 4 is 34.4 Å². The Morgan fingerprint density at radius 3 is 2.31 bits per heavy atom. The summed E-state index contributed by atoms with van der Waals surface area (Å²) in [5.74, 6) is -1.62. The monoisotopic (exact) mass is 599 g/mol. The molecule has 3 amide bonds. The van der Waals surface area contributed by atoms with Gasteiger partial charge in [-0.2, -0.15) is 0 Å². The van der Waals surface area contributed by atoms with E-state index in [0.29, 0.717) is 5.56 Å². The lowest BCUT2D eigenvalue weighted by Gasteiger charge is -2.21. The van der Waals surface area contributed by atoms with Crippen molar-refractivity contribution in [1.82, 2.24) is 25.9 Å². The zero-order valence-corrected chi connectivity index (χ0v) is 24.8. The zero-order chi connectivity index (χ0) is 31.6. The lowest BCUT2D eigenvalue weighted by Crippen LogP contribution is -2.52. The van der Waals surface area contributed by atoms with E-state index in [1.54, 1.807) is 43.6 Å². The summed E-state index contributed by atoms with van der Waals surface area (Å²) in [5, 5.41) is 9.00. The van der Waals surface area contributed by atoms with Crippen molar-refractivity contribution < 1.29 is 19.2 Å². The highest BCUT2D eigenvalue weighted by molar-refractivity contribution is 6.01. The molecular formula is C36H33N5O4. The average Bonchev–Trinajstić information content (AvgIpc) is 3.07. The van der Waals surface area contributed by atoms with E-state index < -0.39 is 23.9 Å². The summed E-state index contributed by atoms with van der Waals surface area (Å²) in [5.41, 5.74) is 4.47. The van der Waals surface area contributed by atoms with Gasteiger partial charge < -0.3 is 16.0 Å². The third kappa shape index (κ3) is 8.45. The molecule has 0 spiro atoms. The van der Waals surface area contributed by atoms with Gasteiger partial charge >= 0.3 is 0 Å². The summed E-state index contributed by atoms with van der Waals surface area (Å²) in [7, 11) is 0. The van der Waals surface area contributed by atoms with Crippen LogP contribution >= 0.6 is 0 Å². The first-order valence-electron chi connectivity index (χ1n) is 14.7. The van der Waals surface area contributed by atoms with Gasteiger partial charge in [0.05, 0.1) is 30.2 Å². The molecule has 3 aromatic carbocycles. The Kier molecular flexibility index (Phi) is 10.0. The summed E-state index contributed by atoms with van der Waals surface area (Å²) in [6.45, 7) is 1.31. The van der Waals surface area contributed by atoms with Crippen LogP contribution in [0.3, 0.4) is 0 Å². The van der Waals surface area contributed by atoms with Crippen LogP contribution < -0.4 is 16.0 Å². The van der Waals surface area contributed by atoms with Crippen molar-refractivity contribution in [2.75, 3.05) is 6.54 Å². The van der Waals surface area contributed by atoms with Crippen LogP contribution in [0.1, 0.15) is 28.4 Å². The van der Waals surface area contributed by atoms with E-state index in [1.165, 1.54) is 0 Å². The van der Waals surface area contributed by atoms with Crippen LogP contribution in [0.15, 0.2) is 116 Å². The Labute approximate surface area is 261 Å². The molecule has 3 N–H and O–H groups in total. The van der Waals surface area contributed by atoms with Crippen molar-refractivity contribution in [2.24, 2.45) is 0 Å². The van der Waals surface area contributed by atoms with Crippen molar-refractivity contribution in [3.8, 4) is 11.3 Å². The fourth-order valence-electron chi connectivity index (χ4n) is 4.87. The third-order valence-corrected chi connectivity index (χ3v) is 7.32. The van der Waals surface area contributed by atoms with Crippen molar-refractivity contribution in [3.63, 3.8) is 0 Å². The van der Waals surface area contributed by atoms with E-state index in [9.17, 15) is 19.2 Å². The van der Waals surface area contributed by atoms with E-state index in [2.05, 4.69) is 25.9 Å². The Hall–Kier alpha value is -5.70. The molecule has 0 saturated carbocycles. The van der Waals surface area contributed by atoms with E-state index >= 15 is 0 Å². The van der Waals surface area contributed by atoms with Gasteiger partial charge in [0.15, 0.2) is 5.78 Å². The number of rotatable bonds is 12. The molecule has 0 fully saturated rings. The first-order valence-corrected chi connectivity index (χ1v) is 14.7. The Balaban J connectivity index is 1.18. The molecule has 0 aliphatic carbocycles. The highest BCUT2D eigenvalue weighted by Gasteiger charge is 2.25. The molecular weight excluding hydrogens is 566 g/mol. The number of amides is 3. The lowest BCUT2D eigenvalue weighted by molar-refractivity contribution is -0.129. The van der Waals surface area contributed by atoms with Gasteiger partial charge in [-0.25, -0.2) is 0 Å². The number of pyridine rings is 2. The molecule has 2 atom stereocenters. The van der Waals surface area contributed by atoms with E-state index in [1.807, 2.05) is 78.9 Å². The summed E-state index contributed by atoms with van der Waals surface area (Å²) in [6.07, 6.45) is 3.70. The van der Waals surface area contributed by atoms with Gasteiger partial charge in [0.2, 0.25) is 11.8 Å².